The van der Waals surface area contributed by atoms with Gasteiger partial charge < -0.3 is 9.97 Å². The van der Waals surface area contributed by atoms with Gasteiger partial charge in [0.15, 0.2) is 0 Å². The van der Waals surface area contributed by atoms with Crippen LogP contribution in [0.3, 0.4) is 0 Å². The highest BCUT2D eigenvalue weighted by molar-refractivity contribution is 5.90. The number of aromatic nitrogens is 3. The van der Waals surface area contributed by atoms with Gasteiger partial charge in [0.25, 0.3) is 0 Å². The molecule has 0 saturated carbocycles. The second-order valence-corrected chi connectivity index (χ2v) is 4.38. The van der Waals surface area contributed by atoms with Crippen LogP contribution < -0.4 is 0 Å². The van der Waals surface area contributed by atoms with Crippen LogP contribution in [0.1, 0.15) is 17.0 Å². The van der Waals surface area contributed by atoms with E-state index >= 15 is 0 Å². The molecule has 1 aromatic carbocycles. The molecule has 0 aliphatic heterocycles. The van der Waals surface area contributed by atoms with Crippen LogP contribution >= 0.6 is 0 Å². The second kappa shape index (κ2) is 4.14. The number of benzene rings is 1. The fourth-order valence-electron chi connectivity index (χ4n) is 2.08. The molecule has 0 atom stereocenters. The Morgan fingerprint density at radius 2 is 2.17 bits per heavy atom. The van der Waals surface area contributed by atoms with E-state index in [0.717, 1.165) is 28.1 Å². The maximum absolute atomic E-state index is 4.52. The number of para-hydroxylation sites is 1. The van der Waals surface area contributed by atoms with Crippen molar-refractivity contribution in [2.24, 2.45) is 4.99 Å². The van der Waals surface area contributed by atoms with E-state index in [1.54, 1.807) is 6.33 Å². The molecule has 0 aliphatic rings. The zero-order valence-corrected chi connectivity index (χ0v) is 10.4. The summed E-state index contributed by atoms with van der Waals surface area (Å²) in [6.45, 7) is 4.11. The smallest absolute Gasteiger partial charge is 0.0932 e. The summed E-state index contributed by atoms with van der Waals surface area (Å²) >= 11 is 0. The van der Waals surface area contributed by atoms with Crippen LogP contribution in [-0.2, 0) is 0 Å². The van der Waals surface area contributed by atoms with Crippen molar-refractivity contribution in [3.63, 3.8) is 0 Å². The van der Waals surface area contributed by atoms with Crippen molar-refractivity contribution in [3.8, 4) is 0 Å². The van der Waals surface area contributed by atoms with Gasteiger partial charge in [-0.3, -0.25) is 4.99 Å². The van der Waals surface area contributed by atoms with Gasteiger partial charge in [-0.1, -0.05) is 6.07 Å². The van der Waals surface area contributed by atoms with E-state index in [9.17, 15) is 0 Å². The van der Waals surface area contributed by atoms with Crippen molar-refractivity contribution in [2.45, 2.75) is 13.8 Å². The summed E-state index contributed by atoms with van der Waals surface area (Å²) in [5, 5.41) is 0. The minimum atomic E-state index is 0.900. The van der Waals surface area contributed by atoms with E-state index in [1.165, 1.54) is 5.56 Å². The topological polar surface area (TPSA) is 56.8 Å². The Morgan fingerprint density at radius 3 is 2.94 bits per heavy atom. The minimum Gasteiger partial charge on any atom is -0.358 e. The van der Waals surface area contributed by atoms with Crippen molar-refractivity contribution < 1.29 is 0 Å². The highest BCUT2D eigenvalue weighted by atomic mass is 14.9. The number of imidazole rings is 1. The fourth-order valence-corrected chi connectivity index (χ4v) is 2.08. The lowest BCUT2D eigenvalue weighted by Crippen LogP contribution is -1.84. The number of H-pyrrole nitrogens is 2. The number of aryl methyl sites for hydroxylation is 2. The van der Waals surface area contributed by atoms with Crippen LogP contribution in [0.15, 0.2) is 35.6 Å². The maximum atomic E-state index is 4.52. The van der Waals surface area contributed by atoms with Crippen LogP contribution in [0.4, 0.5) is 5.69 Å². The monoisotopic (exact) mass is 238 g/mol. The van der Waals surface area contributed by atoms with Crippen LogP contribution in [0, 0.1) is 13.8 Å². The first-order valence-corrected chi connectivity index (χ1v) is 5.86. The molecule has 0 amide bonds. The SMILES string of the molecule is Cc1cc(C)c(/C=N/c2cccc3nc[nH]c23)[nH]1. The van der Waals surface area contributed by atoms with E-state index in [4.69, 9.17) is 0 Å². The predicted octanol–water partition coefficient (Wildman–Crippen LogP) is 3.26. The normalized spacial score (nSPS) is 11.7. The third kappa shape index (κ3) is 1.82. The number of nitrogens with one attached hydrogen (secondary N) is 2. The predicted molar refractivity (Wildman–Crippen MR) is 73.6 cm³/mol. The van der Waals surface area contributed by atoms with Crippen molar-refractivity contribution in [1.29, 1.82) is 0 Å². The molecule has 0 spiro atoms. The van der Waals surface area contributed by atoms with Crippen LogP contribution in [0.5, 0.6) is 0 Å². The van der Waals surface area contributed by atoms with Gasteiger partial charge in [-0.2, -0.15) is 0 Å². The van der Waals surface area contributed by atoms with E-state index < -0.39 is 0 Å². The van der Waals surface area contributed by atoms with Crippen molar-refractivity contribution in [2.75, 3.05) is 0 Å². The number of hydrogen-bond acceptors (Lipinski definition) is 2. The first kappa shape index (κ1) is 10.8. The molecule has 3 rings (SSSR count). The molecule has 2 N–H and O–H groups in total. The number of nitrogens with zero attached hydrogens (tertiary/aromatic N) is 2. The first-order chi connectivity index (χ1) is 8.74. The van der Waals surface area contributed by atoms with Gasteiger partial charge in [0.05, 0.1) is 35.0 Å². The molecule has 4 nitrogen and oxygen atoms in total. The van der Waals surface area contributed by atoms with E-state index in [2.05, 4.69) is 32.9 Å². The Kier molecular flexibility index (Phi) is 2.48. The molecular weight excluding hydrogens is 224 g/mol. The molecule has 0 aliphatic carbocycles. The van der Waals surface area contributed by atoms with Gasteiger partial charge in [0, 0.05) is 5.69 Å². The summed E-state index contributed by atoms with van der Waals surface area (Å²) < 4.78 is 0. The molecule has 3 aromatic rings. The van der Waals surface area contributed by atoms with Crippen molar-refractivity contribution in [1.82, 2.24) is 15.0 Å². The largest absolute Gasteiger partial charge is 0.358 e. The third-order valence-corrected chi connectivity index (χ3v) is 2.96. The highest BCUT2D eigenvalue weighted by Crippen LogP contribution is 2.22. The molecule has 0 saturated heterocycles. The number of hydrogen-bond donors (Lipinski definition) is 2. The van der Waals surface area contributed by atoms with Gasteiger partial charge in [-0.15, -0.1) is 0 Å². The number of aliphatic imine (C=N–C) groups is 1. The Labute approximate surface area is 105 Å². The lowest BCUT2D eigenvalue weighted by Gasteiger charge is -1.95. The standard InChI is InChI=1S/C14H14N4/c1-9-6-10(2)18-13(9)7-15-11-4-3-5-12-14(11)17-8-16-12/h3-8,18H,1-2H3,(H,16,17)/b15-7+. The zero-order valence-electron chi connectivity index (χ0n) is 10.4. The minimum absolute atomic E-state index is 0.900. The molecule has 0 bridgehead atoms. The van der Waals surface area contributed by atoms with Gasteiger partial charge in [0.2, 0.25) is 0 Å². The van der Waals surface area contributed by atoms with Crippen LogP contribution in [0.2, 0.25) is 0 Å². The molecule has 2 heterocycles. The average molecular weight is 238 g/mol. The third-order valence-electron chi connectivity index (χ3n) is 2.96. The van der Waals surface area contributed by atoms with Gasteiger partial charge in [-0.25, -0.2) is 4.98 Å². The van der Waals surface area contributed by atoms with Gasteiger partial charge in [0.1, 0.15) is 0 Å². The van der Waals surface area contributed by atoms with Crippen molar-refractivity contribution in [3.05, 3.63) is 47.5 Å². The Bertz CT molecular complexity index is 718. The molecule has 0 radical (unpaired) electrons. The van der Waals surface area contributed by atoms with Crippen molar-refractivity contribution >= 4 is 22.9 Å². The van der Waals surface area contributed by atoms with Crippen LogP contribution in [-0.4, -0.2) is 21.2 Å². The number of aromatic amines is 2. The Morgan fingerprint density at radius 1 is 1.28 bits per heavy atom. The first-order valence-electron chi connectivity index (χ1n) is 5.86. The summed E-state index contributed by atoms with van der Waals surface area (Å²) in [5.74, 6) is 0. The highest BCUT2D eigenvalue weighted by Gasteiger charge is 2.02. The quantitative estimate of drug-likeness (QED) is 0.661. The summed E-state index contributed by atoms with van der Waals surface area (Å²) in [6, 6.07) is 8.01. The Hall–Kier alpha value is -2.36. The summed E-state index contributed by atoms with van der Waals surface area (Å²) in [7, 11) is 0. The summed E-state index contributed by atoms with van der Waals surface area (Å²) in [5.41, 5.74) is 6.20. The lowest BCUT2D eigenvalue weighted by molar-refractivity contribution is 1.25. The van der Waals surface area contributed by atoms with Crippen LogP contribution in [0.25, 0.3) is 11.0 Å². The molecule has 90 valence electrons. The molecular formula is C14H14N4. The van der Waals surface area contributed by atoms with Gasteiger partial charge >= 0.3 is 0 Å². The van der Waals surface area contributed by atoms with Gasteiger partial charge in [-0.05, 0) is 37.6 Å². The fraction of sp³-hybridized carbons (Fsp3) is 0.143. The zero-order chi connectivity index (χ0) is 12.5. The molecule has 0 fully saturated rings. The van der Waals surface area contributed by atoms with E-state index in [0.29, 0.717) is 0 Å². The second-order valence-electron chi connectivity index (χ2n) is 4.38. The molecule has 18 heavy (non-hydrogen) atoms. The Balaban J connectivity index is 2.01. The summed E-state index contributed by atoms with van der Waals surface area (Å²) in [6.07, 6.45) is 3.55. The number of fused-ring (bicyclic) bond motifs is 1. The maximum Gasteiger partial charge on any atom is 0.0932 e. The van der Waals surface area contributed by atoms with E-state index in [1.807, 2.05) is 31.3 Å². The molecule has 4 heteroatoms. The molecule has 0 unspecified atom stereocenters. The lowest BCUT2D eigenvalue weighted by atomic mass is 10.2. The average Bonchev–Trinajstić information content (AvgIpc) is 2.93. The van der Waals surface area contributed by atoms with E-state index in [-0.39, 0.29) is 0 Å². The summed E-state index contributed by atoms with van der Waals surface area (Å²) in [4.78, 5) is 15.1. The molecule has 2 aromatic heterocycles. The number of rotatable bonds is 2.